The van der Waals surface area contributed by atoms with E-state index < -0.39 is 0 Å². The van der Waals surface area contributed by atoms with Gasteiger partial charge >= 0.3 is 0 Å². The van der Waals surface area contributed by atoms with Gasteiger partial charge in [-0.1, -0.05) is 6.92 Å². The van der Waals surface area contributed by atoms with E-state index in [4.69, 9.17) is 4.74 Å². The van der Waals surface area contributed by atoms with Gasteiger partial charge in [0.15, 0.2) is 0 Å². The third-order valence-electron chi connectivity index (χ3n) is 3.98. The second-order valence-corrected chi connectivity index (χ2v) is 4.83. The Balaban J connectivity index is 2.24. The van der Waals surface area contributed by atoms with Crippen molar-refractivity contribution < 1.29 is 4.74 Å². The summed E-state index contributed by atoms with van der Waals surface area (Å²) in [7, 11) is 4.11. The lowest BCUT2D eigenvalue weighted by atomic mass is 9.89. The fraction of sp³-hybridized carbons (Fsp3) is 0.769. The normalized spacial score (nSPS) is 26.4. The van der Waals surface area contributed by atoms with Crippen LogP contribution < -0.4 is 5.32 Å². The van der Waals surface area contributed by atoms with E-state index in [0.717, 1.165) is 25.3 Å². The topological polar surface area (TPSA) is 39.1 Å². The summed E-state index contributed by atoms with van der Waals surface area (Å²) in [5.41, 5.74) is 1.26. The van der Waals surface area contributed by atoms with Crippen LogP contribution in [0.15, 0.2) is 6.20 Å². The molecule has 0 bridgehead atoms. The minimum absolute atomic E-state index is 0.341. The van der Waals surface area contributed by atoms with E-state index in [0.29, 0.717) is 18.1 Å². The molecule has 2 rings (SSSR count). The minimum Gasteiger partial charge on any atom is -0.378 e. The largest absolute Gasteiger partial charge is 0.378 e. The third kappa shape index (κ3) is 2.24. The number of hydrogen-bond donors (Lipinski definition) is 1. The molecule has 0 radical (unpaired) electrons. The number of nitrogens with zero attached hydrogens (tertiary/aromatic N) is 2. The monoisotopic (exact) mass is 237 g/mol. The first-order valence-corrected chi connectivity index (χ1v) is 6.46. The first-order chi connectivity index (χ1) is 8.19. The Labute approximate surface area is 103 Å². The first kappa shape index (κ1) is 12.6. The lowest BCUT2D eigenvalue weighted by Gasteiger charge is -2.27. The van der Waals surface area contributed by atoms with Crippen molar-refractivity contribution >= 4 is 0 Å². The van der Waals surface area contributed by atoms with Crippen LogP contribution in [0.1, 0.15) is 37.3 Å². The average molecular weight is 237 g/mol. The number of aromatic nitrogens is 2. The van der Waals surface area contributed by atoms with E-state index >= 15 is 0 Å². The SMILES string of the molecule is CCC1OCCC1C(NC)c1cnc(C)n1C. The van der Waals surface area contributed by atoms with Crippen LogP contribution in [0.3, 0.4) is 0 Å². The van der Waals surface area contributed by atoms with Gasteiger partial charge in [0.05, 0.1) is 24.0 Å². The molecule has 4 heteroatoms. The van der Waals surface area contributed by atoms with Crippen molar-refractivity contribution in [3.63, 3.8) is 0 Å². The molecule has 1 aliphatic heterocycles. The quantitative estimate of drug-likeness (QED) is 0.868. The maximum Gasteiger partial charge on any atom is 0.105 e. The molecule has 1 aromatic heterocycles. The number of imidazole rings is 1. The van der Waals surface area contributed by atoms with Crippen LogP contribution in [0.2, 0.25) is 0 Å². The highest BCUT2D eigenvalue weighted by atomic mass is 16.5. The van der Waals surface area contributed by atoms with Crippen molar-refractivity contribution in [1.82, 2.24) is 14.9 Å². The van der Waals surface area contributed by atoms with Crippen molar-refractivity contribution in [3.05, 3.63) is 17.7 Å². The van der Waals surface area contributed by atoms with Gasteiger partial charge in [-0.2, -0.15) is 0 Å². The predicted molar refractivity (Wildman–Crippen MR) is 67.9 cm³/mol. The van der Waals surface area contributed by atoms with Crippen LogP contribution in [0.5, 0.6) is 0 Å². The molecule has 2 heterocycles. The van der Waals surface area contributed by atoms with Gasteiger partial charge in [-0.25, -0.2) is 4.98 Å². The molecule has 96 valence electrons. The average Bonchev–Trinajstić information content (AvgIpc) is 2.92. The molecule has 3 unspecified atom stereocenters. The molecule has 17 heavy (non-hydrogen) atoms. The molecule has 1 aliphatic rings. The zero-order valence-electron chi connectivity index (χ0n) is 11.2. The molecule has 1 N–H and O–H groups in total. The molecule has 1 fully saturated rings. The van der Waals surface area contributed by atoms with E-state index in [1.807, 2.05) is 20.2 Å². The van der Waals surface area contributed by atoms with Crippen LogP contribution in [-0.4, -0.2) is 29.3 Å². The molecule has 0 saturated carbocycles. The van der Waals surface area contributed by atoms with Crippen molar-refractivity contribution in [2.75, 3.05) is 13.7 Å². The van der Waals surface area contributed by atoms with E-state index in [-0.39, 0.29) is 0 Å². The first-order valence-electron chi connectivity index (χ1n) is 6.46. The van der Waals surface area contributed by atoms with Gasteiger partial charge in [-0.3, -0.25) is 0 Å². The van der Waals surface area contributed by atoms with Gasteiger partial charge in [0.2, 0.25) is 0 Å². The van der Waals surface area contributed by atoms with Crippen molar-refractivity contribution in [3.8, 4) is 0 Å². The van der Waals surface area contributed by atoms with Crippen molar-refractivity contribution in [2.45, 2.75) is 38.8 Å². The summed E-state index contributed by atoms with van der Waals surface area (Å²) in [5.74, 6) is 1.62. The summed E-state index contributed by atoms with van der Waals surface area (Å²) >= 11 is 0. The van der Waals surface area contributed by atoms with E-state index in [9.17, 15) is 0 Å². The van der Waals surface area contributed by atoms with Crippen molar-refractivity contribution in [1.29, 1.82) is 0 Å². The Kier molecular flexibility index (Phi) is 3.84. The van der Waals surface area contributed by atoms with Crippen LogP contribution in [0, 0.1) is 12.8 Å². The van der Waals surface area contributed by atoms with Crippen LogP contribution >= 0.6 is 0 Å². The fourth-order valence-corrected chi connectivity index (χ4v) is 2.86. The fourth-order valence-electron chi connectivity index (χ4n) is 2.86. The Morgan fingerprint density at radius 3 is 2.94 bits per heavy atom. The van der Waals surface area contributed by atoms with Crippen LogP contribution in [0.4, 0.5) is 0 Å². The molecule has 1 aromatic rings. The molecule has 0 aliphatic carbocycles. The number of hydrogen-bond acceptors (Lipinski definition) is 3. The zero-order chi connectivity index (χ0) is 12.4. The summed E-state index contributed by atoms with van der Waals surface area (Å²) in [6, 6.07) is 0.341. The smallest absolute Gasteiger partial charge is 0.105 e. The maximum absolute atomic E-state index is 5.80. The summed E-state index contributed by atoms with van der Waals surface area (Å²) < 4.78 is 7.97. The van der Waals surface area contributed by atoms with Crippen LogP contribution in [0.25, 0.3) is 0 Å². The Morgan fingerprint density at radius 1 is 1.65 bits per heavy atom. The Morgan fingerprint density at radius 2 is 2.41 bits per heavy atom. The summed E-state index contributed by atoms with van der Waals surface area (Å²) in [6.07, 6.45) is 4.58. The lowest BCUT2D eigenvalue weighted by Crippen LogP contribution is -2.32. The summed E-state index contributed by atoms with van der Waals surface area (Å²) in [6.45, 7) is 5.13. The van der Waals surface area contributed by atoms with E-state index in [1.54, 1.807) is 0 Å². The van der Waals surface area contributed by atoms with Gasteiger partial charge in [-0.05, 0) is 26.8 Å². The molecular weight excluding hydrogens is 214 g/mol. The number of ether oxygens (including phenoxy) is 1. The van der Waals surface area contributed by atoms with Gasteiger partial charge in [0, 0.05) is 19.6 Å². The Bertz CT molecular complexity index is 375. The number of rotatable bonds is 4. The van der Waals surface area contributed by atoms with Gasteiger partial charge in [-0.15, -0.1) is 0 Å². The van der Waals surface area contributed by atoms with Crippen LogP contribution in [-0.2, 0) is 11.8 Å². The summed E-state index contributed by atoms with van der Waals surface area (Å²) in [4.78, 5) is 4.39. The standard InChI is InChI=1S/C13H23N3O/c1-5-12-10(6-7-17-12)13(14-3)11-8-15-9(2)16(11)4/h8,10,12-14H,5-7H2,1-4H3. The van der Waals surface area contributed by atoms with E-state index in [1.165, 1.54) is 5.69 Å². The number of nitrogens with one attached hydrogen (secondary N) is 1. The Hall–Kier alpha value is -0.870. The molecule has 0 spiro atoms. The molecule has 4 nitrogen and oxygen atoms in total. The highest BCUT2D eigenvalue weighted by Gasteiger charge is 2.35. The zero-order valence-corrected chi connectivity index (χ0v) is 11.2. The second-order valence-electron chi connectivity index (χ2n) is 4.83. The van der Waals surface area contributed by atoms with Gasteiger partial charge in [0.1, 0.15) is 5.82 Å². The molecule has 0 aromatic carbocycles. The molecule has 0 amide bonds. The van der Waals surface area contributed by atoms with E-state index in [2.05, 4.69) is 28.8 Å². The minimum atomic E-state index is 0.341. The van der Waals surface area contributed by atoms with Gasteiger partial charge in [0.25, 0.3) is 0 Å². The molecular formula is C13H23N3O. The lowest BCUT2D eigenvalue weighted by molar-refractivity contribution is 0.0775. The second kappa shape index (κ2) is 5.19. The molecule has 3 atom stereocenters. The predicted octanol–water partition coefficient (Wildman–Crippen LogP) is 1.80. The maximum atomic E-state index is 5.80. The third-order valence-corrected chi connectivity index (χ3v) is 3.98. The van der Waals surface area contributed by atoms with Crippen molar-refractivity contribution in [2.24, 2.45) is 13.0 Å². The number of aryl methyl sites for hydroxylation is 1. The molecule has 1 saturated heterocycles. The summed E-state index contributed by atoms with van der Waals surface area (Å²) in [5, 5.41) is 3.44. The highest BCUT2D eigenvalue weighted by molar-refractivity contribution is 5.11. The van der Waals surface area contributed by atoms with Gasteiger partial charge < -0.3 is 14.6 Å². The highest BCUT2D eigenvalue weighted by Crippen LogP contribution is 2.34.